The molecule has 2 heterocycles. The molecule has 0 spiro atoms. The van der Waals surface area contributed by atoms with E-state index >= 15 is 0 Å². The van der Waals surface area contributed by atoms with Crippen LogP contribution in [-0.4, -0.2) is 25.6 Å². The fourth-order valence-electron chi connectivity index (χ4n) is 1.62. The number of nitrogens with two attached hydrogens (primary N) is 1. The highest BCUT2D eigenvalue weighted by Gasteiger charge is 2.10. The smallest absolute Gasteiger partial charge is 0.328 e. The Labute approximate surface area is 95.2 Å². The largest absolute Gasteiger partial charge is 0.478 e. The Morgan fingerprint density at radius 2 is 2.35 bits per heavy atom. The molecule has 0 unspecified atom stereocenters. The van der Waals surface area contributed by atoms with Crippen LogP contribution < -0.4 is 11.3 Å². The maximum absolute atomic E-state index is 11.7. The highest BCUT2D eigenvalue weighted by molar-refractivity contribution is 5.92. The van der Waals surface area contributed by atoms with Gasteiger partial charge in [-0.05, 0) is 6.08 Å². The van der Waals surface area contributed by atoms with Gasteiger partial charge in [0, 0.05) is 24.9 Å². The topological polar surface area (TPSA) is 114 Å². The fraction of sp³-hybridized carbons (Fsp3) is 0.100. The molecule has 0 saturated heterocycles. The number of carboxylic acid groups (broad SMARTS) is 1. The number of hydrogen-bond donors (Lipinski definition) is 3. The van der Waals surface area contributed by atoms with Crippen LogP contribution in [0, 0.1) is 0 Å². The average Bonchev–Trinajstić information content (AvgIpc) is 2.53. The molecule has 0 aromatic carbocycles. The van der Waals surface area contributed by atoms with Gasteiger partial charge in [-0.3, -0.25) is 9.78 Å². The van der Waals surface area contributed by atoms with Crippen molar-refractivity contribution in [1.82, 2.24) is 14.5 Å². The van der Waals surface area contributed by atoms with E-state index in [9.17, 15) is 9.59 Å². The number of hydrogen-bond acceptors (Lipinski definition) is 4. The number of rotatable bonds is 2. The van der Waals surface area contributed by atoms with Crippen molar-refractivity contribution in [3.63, 3.8) is 0 Å². The van der Waals surface area contributed by atoms with Gasteiger partial charge in [0.1, 0.15) is 5.65 Å². The van der Waals surface area contributed by atoms with Crippen molar-refractivity contribution < 1.29 is 9.90 Å². The number of H-pyrrole nitrogens is 1. The van der Waals surface area contributed by atoms with E-state index in [-0.39, 0.29) is 5.95 Å². The molecule has 0 saturated carbocycles. The molecule has 0 fully saturated rings. The van der Waals surface area contributed by atoms with Crippen LogP contribution in [0.1, 0.15) is 5.56 Å². The van der Waals surface area contributed by atoms with Gasteiger partial charge in [0.15, 0.2) is 0 Å². The normalized spacial score (nSPS) is 11.4. The zero-order chi connectivity index (χ0) is 12.6. The summed E-state index contributed by atoms with van der Waals surface area (Å²) in [6.45, 7) is 0. The van der Waals surface area contributed by atoms with Gasteiger partial charge >= 0.3 is 5.97 Å². The molecule has 7 nitrogen and oxygen atoms in total. The van der Waals surface area contributed by atoms with Crippen molar-refractivity contribution in [3.05, 3.63) is 28.2 Å². The Hall–Kier alpha value is -2.57. The minimum absolute atomic E-state index is 0.0254. The molecule has 0 aliphatic carbocycles. The maximum Gasteiger partial charge on any atom is 0.328 e. The van der Waals surface area contributed by atoms with Gasteiger partial charge < -0.3 is 15.4 Å². The Morgan fingerprint density at radius 3 is 3.00 bits per heavy atom. The number of carboxylic acids is 1. The predicted molar refractivity (Wildman–Crippen MR) is 62.4 cm³/mol. The molecule has 2 aromatic heterocycles. The average molecular weight is 234 g/mol. The zero-order valence-corrected chi connectivity index (χ0v) is 8.97. The van der Waals surface area contributed by atoms with Crippen molar-refractivity contribution in [3.8, 4) is 0 Å². The number of nitrogens with one attached hydrogen (secondary N) is 1. The van der Waals surface area contributed by atoms with E-state index in [1.165, 1.54) is 6.08 Å². The third kappa shape index (κ3) is 1.89. The Morgan fingerprint density at radius 1 is 1.65 bits per heavy atom. The summed E-state index contributed by atoms with van der Waals surface area (Å²) in [5.41, 5.74) is 5.94. The Kier molecular flexibility index (Phi) is 2.43. The summed E-state index contributed by atoms with van der Waals surface area (Å²) in [6, 6.07) is 0. The van der Waals surface area contributed by atoms with Crippen LogP contribution >= 0.6 is 0 Å². The highest BCUT2D eigenvalue weighted by Crippen LogP contribution is 2.16. The van der Waals surface area contributed by atoms with Crippen molar-refractivity contribution in [2.45, 2.75) is 0 Å². The number of aromatic nitrogens is 3. The minimum Gasteiger partial charge on any atom is -0.478 e. The molecule has 88 valence electrons. The summed E-state index contributed by atoms with van der Waals surface area (Å²) < 4.78 is 1.61. The molecule has 0 radical (unpaired) electrons. The maximum atomic E-state index is 11.7. The second kappa shape index (κ2) is 3.78. The zero-order valence-electron chi connectivity index (χ0n) is 8.97. The van der Waals surface area contributed by atoms with Crippen LogP contribution in [-0.2, 0) is 11.8 Å². The highest BCUT2D eigenvalue weighted by atomic mass is 16.4. The van der Waals surface area contributed by atoms with Crippen LogP contribution in [0.5, 0.6) is 0 Å². The van der Waals surface area contributed by atoms with Crippen molar-refractivity contribution >= 4 is 29.0 Å². The van der Waals surface area contributed by atoms with E-state index in [1.807, 2.05) is 0 Å². The third-order valence-corrected chi connectivity index (χ3v) is 2.28. The van der Waals surface area contributed by atoms with Crippen molar-refractivity contribution in [1.29, 1.82) is 0 Å². The van der Waals surface area contributed by atoms with Gasteiger partial charge in [0.2, 0.25) is 5.95 Å². The van der Waals surface area contributed by atoms with E-state index in [0.29, 0.717) is 16.6 Å². The van der Waals surface area contributed by atoms with Crippen molar-refractivity contribution in [2.75, 3.05) is 5.73 Å². The minimum atomic E-state index is -1.08. The van der Waals surface area contributed by atoms with Crippen LogP contribution in [0.25, 0.3) is 17.1 Å². The van der Waals surface area contributed by atoms with Crippen LogP contribution in [0.3, 0.4) is 0 Å². The van der Waals surface area contributed by atoms with E-state index in [1.54, 1.807) is 17.8 Å². The molecule has 2 rings (SSSR count). The summed E-state index contributed by atoms with van der Waals surface area (Å²) in [5, 5.41) is 8.87. The van der Waals surface area contributed by atoms with Gasteiger partial charge in [0.05, 0.1) is 5.39 Å². The van der Waals surface area contributed by atoms with Crippen LogP contribution in [0.15, 0.2) is 17.1 Å². The van der Waals surface area contributed by atoms with Gasteiger partial charge in [-0.2, -0.15) is 4.98 Å². The molecule has 0 bridgehead atoms. The first-order chi connectivity index (χ1) is 7.99. The monoisotopic (exact) mass is 234 g/mol. The van der Waals surface area contributed by atoms with Gasteiger partial charge in [-0.25, -0.2) is 4.79 Å². The Bertz CT molecular complexity index is 681. The van der Waals surface area contributed by atoms with E-state index in [0.717, 1.165) is 6.08 Å². The SMILES string of the molecule is Cn1cc(C=CC(=O)O)c2c(=O)[nH]c(N)nc21. The molecule has 4 N–H and O–H groups in total. The number of carbonyl (C=O) groups is 1. The van der Waals surface area contributed by atoms with Gasteiger partial charge in [-0.15, -0.1) is 0 Å². The number of nitrogen functional groups attached to an aromatic ring is 1. The lowest BCUT2D eigenvalue weighted by Gasteiger charge is -1.95. The summed E-state index contributed by atoms with van der Waals surface area (Å²) in [6.07, 6.45) is 3.92. The number of anilines is 1. The number of aryl methyl sites for hydroxylation is 1. The lowest BCUT2D eigenvalue weighted by molar-refractivity contribution is -0.131. The third-order valence-electron chi connectivity index (χ3n) is 2.28. The lowest BCUT2D eigenvalue weighted by atomic mass is 10.2. The second-order valence-electron chi connectivity index (χ2n) is 3.52. The van der Waals surface area contributed by atoms with Crippen LogP contribution in [0.2, 0.25) is 0 Å². The Balaban J connectivity index is 2.75. The first-order valence-electron chi connectivity index (χ1n) is 4.75. The molecule has 0 atom stereocenters. The number of nitrogens with zero attached hydrogens (tertiary/aromatic N) is 2. The van der Waals surface area contributed by atoms with E-state index in [2.05, 4.69) is 9.97 Å². The molecular weight excluding hydrogens is 224 g/mol. The fourth-order valence-corrected chi connectivity index (χ4v) is 1.62. The summed E-state index contributed by atoms with van der Waals surface area (Å²) in [5.74, 6) is -1.06. The summed E-state index contributed by atoms with van der Waals surface area (Å²) in [7, 11) is 1.70. The first-order valence-corrected chi connectivity index (χ1v) is 4.75. The summed E-state index contributed by atoms with van der Waals surface area (Å²) >= 11 is 0. The van der Waals surface area contributed by atoms with Gasteiger partial charge in [0.25, 0.3) is 5.56 Å². The number of aromatic amines is 1. The number of fused-ring (bicyclic) bond motifs is 1. The van der Waals surface area contributed by atoms with Crippen LogP contribution in [0.4, 0.5) is 5.95 Å². The summed E-state index contributed by atoms with van der Waals surface area (Å²) in [4.78, 5) is 28.5. The van der Waals surface area contributed by atoms with Gasteiger partial charge in [-0.1, -0.05) is 0 Å². The molecular formula is C10H10N4O3. The number of aliphatic carboxylic acids is 1. The van der Waals surface area contributed by atoms with E-state index in [4.69, 9.17) is 10.8 Å². The molecule has 7 heteroatoms. The van der Waals surface area contributed by atoms with E-state index < -0.39 is 11.5 Å². The standard InChI is InChI=1S/C10H10N4O3/c1-14-4-5(2-3-6(15)16)7-8(14)12-10(11)13-9(7)17/h2-4H,1H3,(H,15,16)(H3,11,12,13,17). The van der Waals surface area contributed by atoms with Crippen molar-refractivity contribution in [2.24, 2.45) is 7.05 Å². The quantitative estimate of drug-likeness (QED) is 0.630. The first kappa shape index (κ1) is 10.9. The second-order valence-corrected chi connectivity index (χ2v) is 3.52. The molecule has 0 amide bonds. The lowest BCUT2D eigenvalue weighted by Crippen LogP contribution is -2.11. The predicted octanol–water partition coefficient (Wildman–Crippen LogP) is -0.0584. The molecule has 17 heavy (non-hydrogen) atoms. The molecule has 2 aromatic rings. The molecule has 0 aliphatic heterocycles. The molecule has 0 aliphatic rings.